The average Bonchev–Trinajstić information content (AvgIpc) is 3.19. The molecule has 126 valence electrons. The SMILES string of the molecule is CC(C)(C)OC(=O)N1CCC(F)(F)[C@@]2(CO2)c2cc(Cl)ccc21. The molecular formula is C16H18ClF2NO3. The van der Waals surface area contributed by atoms with Crippen LogP contribution in [0.2, 0.25) is 5.02 Å². The average molecular weight is 346 g/mol. The first-order chi connectivity index (χ1) is 10.6. The summed E-state index contributed by atoms with van der Waals surface area (Å²) in [7, 11) is 0. The third kappa shape index (κ3) is 2.78. The Balaban J connectivity index is 2.06. The molecule has 1 fully saturated rings. The summed E-state index contributed by atoms with van der Waals surface area (Å²) in [5, 5.41) is 0.320. The quantitative estimate of drug-likeness (QED) is 0.657. The van der Waals surface area contributed by atoms with Crippen LogP contribution in [0, 0.1) is 0 Å². The Hall–Kier alpha value is -1.40. The minimum atomic E-state index is -3.08. The van der Waals surface area contributed by atoms with Gasteiger partial charge in [0.15, 0.2) is 5.60 Å². The zero-order valence-corrected chi connectivity index (χ0v) is 13.9. The van der Waals surface area contributed by atoms with E-state index < -0.39 is 29.6 Å². The van der Waals surface area contributed by atoms with E-state index in [1.54, 1.807) is 32.9 Å². The minimum Gasteiger partial charge on any atom is -0.443 e. The van der Waals surface area contributed by atoms with Crippen molar-refractivity contribution in [1.29, 1.82) is 0 Å². The van der Waals surface area contributed by atoms with Gasteiger partial charge in [-0.3, -0.25) is 4.90 Å². The van der Waals surface area contributed by atoms with E-state index in [1.165, 1.54) is 11.0 Å². The zero-order valence-electron chi connectivity index (χ0n) is 13.2. The van der Waals surface area contributed by atoms with E-state index in [1.807, 2.05) is 0 Å². The maximum atomic E-state index is 14.5. The monoisotopic (exact) mass is 345 g/mol. The molecule has 0 saturated carbocycles. The molecule has 2 heterocycles. The predicted molar refractivity (Wildman–Crippen MR) is 82.2 cm³/mol. The summed E-state index contributed by atoms with van der Waals surface area (Å²) in [5.41, 5.74) is -1.81. The number of amides is 1. The van der Waals surface area contributed by atoms with Gasteiger partial charge in [-0.05, 0) is 39.0 Å². The van der Waals surface area contributed by atoms with E-state index >= 15 is 0 Å². The van der Waals surface area contributed by atoms with Crippen LogP contribution in [0.15, 0.2) is 18.2 Å². The summed E-state index contributed by atoms with van der Waals surface area (Å²) in [4.78, 5) is 13.7. The maximum absolute atomic E-state index is 14.5. The number of fused-ring (bicyclic) bond motifs is 2. The lowest BCUT2D eigenvalue weighted by molar-refractivity contribution is -0.0804. The van der Waals surface area contributed by atoms with Crippen molar-refractivity contribution >= 4 is 23.4 Å². The first-order valence-electron chi connectivity index (χ1n) is 7.38. The van der Waals surface area contributed by atoms with E-state index in [-0.39, 0.29) is 18.7 Å². The van der Waals surface area contributed by atoms with Crippen molar-refractivity contribution in [3.8, 4) is 0 Å². The van der Waals surface area contributed by atoms with E-state index in [0.717, 1.165) is 0 Å². The van der Waals surface area contributed by atoms with E-state index in [2.05, 4.69) is 0 Å². The third-order valence-electron chi connectivity index (χ3n) is 3.97. The summed E-state index contributed by atoms with van der Waals surface area (Å²) in [6.45, 7) is 4.94. The van der Waals surface area contributed by atoms with Crippen molar-refractivity contribution in [2.45, 2.75) is 44.3 Å². The Morgan fingerprint density at radius 1 is 1.39 bits per heavy atom. The Morgan fingerprint density at radius 2 is 2.04 bits per heavy atom. The number of anilines is 1. The number of rotatable bonds is 0. The molecule has 4 nitrogen and oxygen atoms in total. The number of carbonyl (C=O) groups excluding carboxylic acids is 1. The molecule has 23 heavy (non-hydrogen) atoms. The number of epoxide rings is 1. The first-order valence-corrected chi connectivity index (χ1v) is 7.76. The maximum Gasteiger partial charge on any atom is 0.414 e. The van der Waals surface area contributed by atoms with Crippen LogP contribution in [-0.2, 0) is 15.1 Å². The number of alkyl halides is 2. The molecular weight excluding hydrogens is 328 g/mol. The number of hydrogen-bond donors (Lipinski definition) is 0. The smallest absolute Gasteiger partial charge is 0.414 e. The van der Waals surface area contributed by atoms with Gasteiger partial charge in [0.05, 0.1) is 12.3 Å². The molecule has 0 aromatic heterocycles. The summed E-state index contributed by atoms with van der Waals surface area (Å²) < 4.78 is 39.6. The Kier molecular flexibility index (Phi) is 3.61. The second-order valence-corrected chi connectivity index (χ2v) is 7.30. The second kappa shape index (κ2) is 5.05. The normalized spacial score (nSPS) is 25.7. The van der Waals surface area contributed by atoms with Crippen LogP contribution in [0.5, 0.6) is 0 Å². The number of nitrogens with zero attached hydrogens (tertiary/aromatic N) is 1. The second-order valence-electron chi connectivity index (χ2n) is 6.86. The van der Waals surface area contributed by atoms with E-state index in [9.17, 15) is 13.6 Å². The molecule has 0 radical (unpaired) electrons. The van der Waals surface area contributed by atoms with Gasteiger partial charge < -0.3 is 9.47 Å². The van der Waals surface area contributed by atoms with Gasteiger partial charge in [0, 0.05) is 23.6 Å². The van der Waals surface area contributed by atoms with Crippen molar-refractivity contribution < 1.29 is 23.0 Å². The van der Waals surface area contributed by atoms with Gasteiger partial charge in [0.2, 0.25) is 0 Å². The van der Waals surface area contributed by atoms with Crippen molar-refractivity contribution in [3.63, 3.8) is 0 Å². The highest BCUT2D eigenvalue weighted by atomic mass is 35.5. The van der Waals surface area contributed by atoms with E-state index in [4.69, 9.17) is 21.1 Å². The van der Waals surface area contributed by atoms with Crippen molar-refractivity contribution in [2.24, 2.45) is 0 Å². The summed E-state index contributed by atoms with van der Waals surface area (Å²) in [6, 6.07) is 4.57. The molecule has 0 N–H and O–H groups in total. The number of carbonyl (C=O) groups is 1. The third-order valence-corrected chi connectivity index (χ3v) is 4.21. The number of hydrogen-bond acceptors (Lipinski definition) is 3. The standard InChI is InChI=1S/C16H18ClF2NO3/c1-14(2,3)23-13(21)20-7-6-16(18,19)15(9-22-15)11-8-10(17)4-5-12(11)20/h4-5,8H,6-7,9H2,1-3H3/t15-/m1/s1. The van der Waals surface area contributed by atoms with Crippen LogP contribution in [0.3, 0.4) is 0 Å². The van der Waals surface area contributed by atoms with Crippen molar-refractivity contribution in [3.05, 3.63) is 28.8 Å². The van der Waals surface area contributed by atoms with Gasteiger partial charge in [-0.2, -0.15) is 0 Å². The lowest BCUT2D eigenvalue weighted by Gasteiger charge is -2.27. The fourth-order valence-corrected chi connectivity index (χ4v) is 2.96. The van der Waals surface area contributed by atoms with Crippen molar-refractivity contribution in [1.82, 2.24) is 0 Å². The van der Waals surface area contributed by atoms with Crippen LogP contribution in [0.25, 0.3) is 0 Å². The van der Waals surface area contributed by atoms with Crippen molar-refractivity contribution in [2.75, 3.05) is 18.1 Å². The molecule has 0 bridgehead atoms. The molecule has 1 amide bonds. The molecule has 1 spiro atoms. The summed E-state index contributed by atoms with van der Waals surface area (Å²) in [6.07, 6.45) is -1.16. The molecule has 0 aliphatic carbocycles. The van der Waals surface area contributed by atoms with Gasteiger partial charge in [-0.1, -0.05) is 11.6 Å². The van der Waals surface area contributed by atoms with Gasteiger partial charge in [0.25, 0.3) is 5.92 Å². The first kappa shape index (κ1) is 16.5. The molecule has 1 atom stereocenters. The van der Waals surface area contributed by atoms with Crippen LogP contribution < -0.4 is 4.90 Å². The van der Waals surface area contributed by atoms with Crippen LogP contribution >= 0.6 is 11.6 Å². The highest BCUT2D eigenvalue weighted by molar-refractivity contribution is 6.30. The fourth-order valence-electron chi connectivity index (χ4n) is 2.78. The zero-order chi connectivity index (χ0) is 17.0. The highest BCUT2D eigenvalue weighted by Gasteiger charge is 2.67. The lowest BCUT2D eigenvalue weighted by Crippen LogP contribution is -2.38. The number of benzene rings is 1. The topological polar surface area (TPSA) is 42.1 Å². The Morgan fingerprint density at radius 3 is 2.61 bits per heavy atom. The van der Waals surface area contributed by atoms with Gasteiger partial charge >= 0.3 is 6.09 Å². The lowest BCUT2D eigenvalue weighted by atomic mass is 9.91. The Bertz CT molecular complexity index is 653. The molecule has 1 aromatic rings. The fraction of sp³-hybridized carbons (Fsp3) is 0.562. The minimum absolute atomic E-state index is 0.0878. The molecule has 7 heteroatoms. The highest BCUT2D eigenvalue weighted by Crippen LogP contribution is 2.57. The van der Waals surface area contributed by atoms with Gasteiger partial charge in [-0.25, -0.2) is 13.6 Å². The number of ether oxygens (including phenoxy) is 2. The Labute approximate surface area is 138 Å². The molecule has 1 aromatic carbocycles. The predicted octanol–water partition coefficient (Wildman–Crippen LogP) is 4.35. The van der Waals surface area contributed by atoms with Crippen LogP contribution in [0.1, 0.15) is 32.8 Å². The molecule has 3 rings (SSSR count). The summed E-state index contributed by atoms with van der Waals surface area (Å²) in [5.74, 6) is -3.08. The number of halogens is 3. The largest absolute Gasteiger partial charge is 0.443 e. The van der Waals surface area contributed by atoms with Gasteiger partial charge in [-0.15, -0.1) is 0 Å². The summed E-state index contributed by atoms with van der Waals surface area (Å²) >= 11 is 5.98. The van der Waals surface area contributed by atoms with Gasteiger partial charge in [0.1, 0.15) is 5.60 Å². The van der Waals surface area contributed by atoms with Crippen LogP contribution in [-0.4, -0.2) is 30.8 Å². The molecule has 0 unspecified atom stereocenters. The molecule has 1 saturated heterocycles. The van der Waals surface area contributed by atoms with E-state index in [0.29, 0.717) is 10.7 Å². The van der Waals surface area contributed by atoms with Crippen LogP contribution in [0.4, 0.5) is 19.3 Å². The molecule has 2 aliphatic rings. The molecule has 2 aliphatic heterocycles.